The normalized spacial score (nSPS) is 11.8. The van der Waals surface area contributed by atoms with Crippen molar-refractivity contribution in [3.05, 3.63) is 35.9 Å². The lowest BCUT2D eigenvalue weighted by Gasteiger charge is -2.19. The SMILES string of the molecule is CC(C)[C@H](NC(=O)OCc1ccccc1)C(=O)NI. The zero-order valence-corrected chi connectivity index (χ0v) is 13.0. The number of ether oxygens (including phenoxy) is 1. The third-order valence-electron chi connectivity index (χ3n) is 2.53. The van der Waals surface area contributed by atoms with Gasteiger partial charge < -0.3 is 10.1 Å². The van der Waals surface area contributed by atoms with Gasteiger partial charge in [0.1, 0.15) is 12.6 Å². The highest BCUT2D eigenvalue weighted by atomic mass is 127. The standard InChI is InChI=1S/C13H17IN2O3/c1-9(2)11(12(17)16-14)15-13(18)19-8-10-6-4-3-5-7-10/h3-7,9,11H,8H2,1-2H3,(H,15,18)(H,16,17)/t11-/m0/s1. The first-order valence-corrected chi connectivity index (χ1v) is 7.00. The van der Waals surface area contributed by atoms with Gasteiger partial charge in [-0.1, -0.05) is 44.2 Å². The second-order valence-corrected chi connectivity index (χ2v) is 4.93. The van der Waals surface area contributed by atoms with Gasteiger partial charge in [0.2, 0.25) is 0 Å². The summed E-state index contributed by atoms with van der Waals surface area (Å²) in [7, 11) is 0. The summed E-state index contributed by atoms with van der Waals surface area (Å²) in [6, 6.07) is 8.77. The summed E-state index contributed by atoms with van der Waals surface area (Å²) in [5.41, 5.74) is 0.900. The molecule has 0 saturated heterocycles. The number of hydrogen-bond donors (Lipinski definition) is 2. The van der Waals surface area contributed by atoms with E-state index in [-0.39, 0.29) is 18.4 Å². The third-order valence-corrected chi connectivity index (χ3v) is 3.06. The number of halogens is 1. The van der Waals surface area contributed by atoms with Crippen molar-refractivity contribution in [1.82, 2.24) is 8.85 Å². The third kappa shape index (κ3) is 5.46. The molecule has 0 bridgehead atoms. The zero-order valence-electron chi connectivity index (χ0n) is 10.9. The van der Waals surface area contributed by atoms with Crippen molar-refractivity contribution in [3.8, 4) is 0 Å². The fraction of sp³-hybridized carbons (Fsp3) is 0.385. The Hall–Kier alpha value is -1.31. The molecule has 1 aromatic carbocycles. The Labute approximate surface area is 126 Å². The van der Waals surface area contributed by atoms with Gasteiger partial charge in [-0.2, -0.15) is 0 Å². The molecule has 0 aromatic heterocycles. The molecule has 0 saturated carbocycles. The van der Waals surface area contributed by atoms with E-state index in [0.29, 0.717) is 0 Å². The molecular weight excluding hydrogens is 359 g/mol. The van der Waals surface area contributed by atoms with Crippen LogP contribution in [0.15, 0.2) is 30.3 Å². The van der Waals surface area contributed by atoms with Crippen LogP contribution in [0.5, 0.6) is 0 Å². The summed E-state index contributed by atoms with van der Waals surface area (Å²) in [4.78, 5) is 23.2. The van der Waals surface area contributed by atoms with Crippen LogP contribution < -0.4 is 8.85 Å². The molecule has 19 heavy (non-hydrogen) atoms. The van der Waals surface area contributed by atoms with Crippen LogP contribution in [0.4, 0.5) is 4.79 Å². The number of carbonyl (C=O) groups excluding carboxylic acids is 2. The Bertz CT molecular complexity index is 423. The van der Waals surface area contributed by atoms with Crippen molar-refractivity contribution in [2.24, 2.45) is 5.92 Å². The largest absolute Gasteiger partial charge is 0.445 e. The second-order valence-electron chi connectivity index (χ2n) is 4.39. The van der Waals surface area contributed by atoms with Crippen molar-refractivity contribution >= 4 is 34.9 Å². The quantitative estimate of drug-likeness (QED) is 0.613. The Morgan fingerprint density at radius 3 is 2.42 bits per heavy atom. The molecule has 0 fully saturated rings. The van der Waals surface area contributed by atoms with E-state index in [4.69, 9.17) is 4.74 Å². The number of carbonyl (C=O) groups is 2. The molecule has 0 aliphatic rings. The Balaban J connectivity index is 2.47. The first-order chi connectivity index (χ1) is 9.04. The van der Waals surface area contributed by atoms with E-state index in [1.165, 1.54) is 0 Å². The van der Waals surface area contributed by atoms with Gasteiger partial charge in [-0.25, -0.2) is 4.79 Å². The average molecular weight is 376 g/mol. The molecule has 0 aliphatic heterocycles. The molecule has 104 valence electrons. The Morgan fingerprint density at radius 1 is 1.26 bits per heavy atom. The van der Waals surface area contributed by atoms with Crippen molar-refractivity contribution in [2.75, 3.05) is 0 Å². The van der Waals surface area contributed by atoms with Crippen LogP contribution in [0.1, 0.15) is 19.4 Å². The van der Waals surface area contributed by atoms with Gasteiger partial charge in [0.15, 0.2) is 0 Å². The van der Waals surface area contributed by atoms with Crippen LogP contribution in [0, 0.1) is 5.92 Å². The van der Waals surface area contributed by atoms with Crippen LogP contribution in [-0.4, -0.2) is 18.0 Å². The Morgan fingerprint density at radius 2 is 1.89 bits per heavy atom. The van der Waals surface area contributed by atoms with Gasteiger partial charge >= 0.3 is 6.09 Å². The van der Waals surface area contributed by atoms with Crippen molar-refractivity contribution in [1.29, 1.82) is 0 Å². The lowest BCUT2D eigenvalue weighted by atomic mass is 10.0. The van der Waals surface area contributed by atoms with Crippen LogP contribution in [0.3, 0.4) is 0 Å². The fourth-order valence-electron chi connectivity index (χ4n) is 1.49. The number of nitrogens with one attached hydrogen (secondary N) is 2. The monoisotopic (exact) mass is 376 g/mol. The predicted molar refractivity (Wildman–Crippen MR) is 80.6 cm³/mol. The van der Waals surface area contributed by atoms with Gasteiger partial charge in [-0.15, -0.1) is 0 Å². The number of amides is 2. The molecular formula is C13H17IN2O3. The minimum Gasteiger partial charge on any atom is -0.445 e. The van der Waals surface area contributed by atoms with Crippen LogP contribution in [0.25, 0.3) is 0 Å². The summed E-state index contributed by atoms with van der Waals surface area (Å²) < 4.78 is 7.56. The van der Waals surface area contributed by atoms with Gasteiger partial charge in [0.25, 0.3) is 5.91 Å². The smallest absolute Gasteiger partial charge is 0.408 e. The number of rotatable bonds is 5. The maximum absolute atomic E-state index is 11.6. The first kappa shape index (κ1) is 15.7. The molecule has 1 rings (SSSR count). The van der Waals surface area contributed by atoms with Gasteiger partial charge in [-0.05, 0) is 11.5 Å². The van der Waals surface area contributed by atoms with Crippen molar-refractivity contribution in [3.63, 3.8) is 0 Å². The number of alkyl carbamates (subject to hydrolysis) is 1. The maximum atomic E-state index is 11.6. The molecule has 0 spiro atoms. The summed E-state index contributed by atoms with van der Waals surface area (Å²) in [5.74, 6) is -0.258. The van der Waals surface area contributed by atoms with E-state index in [1.54, 1.807) is 22.9 Å². The van der Waals surface area contributed by atoms with Gasteiger partial charge in [-0.3, -0.25) is 8.32 Å². The van der Waals surface area contributed by atoms with E-state index < -0.39 is 12.1 Å². The zero-order chi connectivity index (χ0) is 14.3. The molecule has 0 heterocycles. The average Bonchev–Trinajstić information content (AvgIpc) is 2.42. The summed E-state index contributed by atoms with van der Waals surface area (Å²) in [5, 5.41) is 2.56. The number of hydrogen-bond acceptors (Lipinski definition) is 3. The highest BCUT2D eigenvalue weighted by Gasteiger charge is 2.24. The van der Waals surface area contributed by atoms with Crippen molar-refractivity contribution in [2.45, 2.75) is 26.5 Å². The van der Waals surface area contributed by atoms with E-state index in [2.05, 4.69) is 8.85 Å². The first-order valence-electron chi connectivity index (χ1n) is 5.92. The summed E-state index contributed by atoms with van der Waals surface area (Å²) in [6.45, 7) is 3.89. The highest BCUT2D eigenvalue weighted by molar-refractivity contribution is 14.1. The highest BCUT2D eigenvalue weighted by Crippen LogP contribution is 2.05. The molecule has 2 N–H and O–H groups in total. The molecule has 0 unspecified atom stereocenters. The van der Waals surface area contributed by atoms with E-state index in [9.17, 15) is 9.59 Å². The topological polar surface area (TPSA) is 67.4 Å². The maximum Gasteiger partial charge on any atom is 0.408 e. The number of benzene rings is 1. The van der Waals surface area contributed by atoms with Gasteiger partial charge in [0.05, 0.1) is 22.9 Å². The summed E-state index contributed by atoms with van der Waals surface area (Å²) >= 11 is 1.75. The minimum atomic E-state index is -0.597. The van der Waals surface area contributed by atoms with E-state index in [0.717, 1.165) is 5.56 Å². The lowest BCUT2D eigenvalue weighted by Crippen LogP contribution is -2.47. The van der Waals surface area contributed by atoms with Crippen LogP contribution in [-0.2, 0) is 16.1 Å². The molecule has 0 radical (unpaired) electrons. The van der Waals surface area contributed by atoms with E-state index in [1.807, 2.05) is 44.2 Å². The summed E-state index contributed by atoms with van der Waals surface area (Å²) in [6.07, 6.45) is -0.595. The molecule has 5 nitrogen and oxygen atoms in total. The van der Waals surface area contributed by atoms with Crippen LogP contribution >= 0.6 is 22.9 Å². The Kier molecular flexibility index (Phi) is 6.61. The lowest BCUT2D eigenvalue weighted by molar-refractivity contribution is -0.121. The molecule has 6 heteroatoms. The second kappa shape index (κ2) is 7.98. The molecule has 0 aliphatic carbocycles. The van der Waals surface area contributed by atoms with Crippen molar-refractivity contribution < 1.29 is 14.3 Å². The van der Waals surface area contributed by atoms with Gasteiger partial charge in [0, 0.05) is 0 Å². The molecule has 2 amide bonds. The predicted octanol–water partition coefficient (Wildman–Crippen LogP) is 2.40. The molecule has 1 atom stereocenters. The van der Waals surface area contributed by atoms with Crippen LogP contribution in [0.2, 0.25) is 0 Å². The molecule has 1 aromatic rings. The minimum absolute atomic E-state index is 0.0148. The fourth-order valence-corrected chi connectivity index (χ4v) is 1.82. The van der Waals surface area contributed by atoms with E-state index >= 15 is 0 Å².